The van der Waals surface area contributed by atoms with Crippen LogP contribution in [-0.2, 0) is 46.7 Å². The Labute approximate surface area is 560 Å². The monoisotopic (exact) mass is 1490 g/mol. The number of hydrogen-bond donors (Lipinski definition) is 0. The molecule has 4 aliphatic rings. The van der Waals surface area contributed by atoms with Crippen molar-refractivity contribution in [2.45, 2.75) is 428 Å². The van der Waals surface area contributed by atoms with E-state index >= 15 is 0 Å². The summed E-state index contributed by atoms with van der Waals surface area (Å²) < 4.78 is 105. The molecule has 0 amide bonds. The SMILES string of the molecule is CCCCCCCC[Si]1(O[Si](C)(C)C)O[Si]2(CCCCCCCC)O[Si]3(CCCCCCCC)O[Si](CCCCCCCC)(O1)O[Si]1(CCCCCCCC)O[Si](CCCCCCCC)(O3)O[Si](CCCCCCCC)(O2)[O][Sn]([CH2]CCC)([CH2]CCC)[O]1. The predicted molar refractivity (Wildman–Crippen MR) is 389 cm³/mol. The average Bonchev–Trinajstić information content (AvgIpc) is 1.05. The van der Waals surface area contributed by atoms with E-state index in [4.69, 9.17) is 46.7 Å². The molecule has 0 saturated carbocycles. The van der Waals surface area contributed by atoms with Gasteiger partial charge < -0.3 is 0 Å². The van der Waals surface area contributed by atoms with Gasteiger partial charge in [-0.15, -0.1) is 0 Å². The van der Waals surface area contributed by atoms with E-state index < -0.39 is 89.2 Å². The normalized spacial score (nSPS) is 28.0. The van der Waals surface area contributed by atoms with Crippen LogP contribution < -0.4 is 0 Å². The summed E-state index contributed by atoms with van der Waals surface area (Å²) in [5.41, 5.74) is 0. The third kappa shape index (κ3) is 30.9. The molecule has 0 aromatic heterocycles. The van der Waals surface area contributed by atoms with Gasteiger partial charge in [0.1, 0.15) is 0 Å². The van der Waals surface area contributed by atoms with Crippen LogP contribution in [0.3, 0.4) is 0 Å². The first-order valence-electron chi connectivity index (χ1n) is 38.9. The maximum absolute atomic E-state index is 8.71. The zero-order valence-corrected chi connectivity index (χ0v) is 71.1. The fraction of sp³-hybridized carbons (Fsp3) is 1.00. The standard InChI is InChI=1S/C59H128O12Si8.2C4H9.Sn/c1-11-18-25-32-39-46-53-73(60)63-76(56-49-42-35-28-21-14-4)64-74(61,54-47-40-33-26-19-12-2)66-78(58-51-44-37-30-23-16-6)68-75(62-72(8,9)10,55-48-41-34-27-20-13-3)67-77(65-73,57-50-43-36-29-22-15-5)70-79(69-76,71-78)59-52-45-38-31-24-17-7;2*1-3-4-2;/h11-59H2,1-10H3;2*1,3-4H2,2H3;/q-2;;;+2. The molecular formula is C67H146O12Si8Sn. The quantitative estimate of drug-likeness (QED) is 0.0427. The first-order chi connectivity index (χ1) is 42.5. The molecule has 0 radical (unpaired) electrons. The van der Waals surface area contributed by atoms with Gasteiger partial charge in [0.25, 0.3) is 0 Å². The van der Waals surface area contributed by atoms with E-state index in [1.54, 1.807) is 0 Å². The van der Waals surface area contributed by atoms with E-state index in [-0.39, 0.29) is 0 Å². The molecule has 4 fully saturated rings. The molecule has 4 heterocycles. The van der Waals surface area contributed by atoms with Gasteiger partial charge in [-0.1, -0.05) is 26.7 Å². The molecule has 4 saturated heterocycles. The Morgan fingerprint density at radius 1 is 0.227 bits per heavy atom. The van der Waals surface area contributed by atoms with Crippen molar-refractivity contribution in [1.29, 1.82) is 0 Å². The van der Waals surface area contributed by atoms with Gasteiger partial charge in [0.05, 0.1) is 0 Å². The van der Waals surface area contributed by atoms with E-state index in [0.717, 1.165) is 137 Å². The van der Waals surface area contributed by atoms with Gasteiger partial charge >= 0.3 is 538 Å². The summed E-state index contributed by atoms with van der Waals surface area (Å²) in [6, 6.07) is 4.55. The van der Waals surface area contributed by atoms with Crippen molar-refractivity contribution >= 4 is 89.2 Å². The van der Waals surface area contributed by atoms with Crippen molar-refractivity contribution in [3.63, 3.8) is 0 Å². The van der Waals surface area contributed by atoms with Crippen LogP contribution in [0.15, 0.2) is 0 Å². The zero-order valence-electron chi connectivity index (χ0n) is 60.3. The molecule has 0 aromatic carbocycles. The maximum atomic E-state index is 8.71. The zero-order chi connectivity index (χ0) is 63.9. The van der Waals surface area contributed by atoms with Crippen LogP contribution in [0.5, 0.6) is 0 Å². The number of rotatable bonds is 57. The first kappa shape index (κ1) is 82.5. The summed E-state index contributed by atoms with van der Waals surface area (Å²) >= 11 is -4.55. The fourth-order valence-corrected chi connectivity index (χ4v) is 85.0. The second-order valence-electron chi connectivity index (χ2n) is 28.9. The molecule has 6 bridgehead atoms. The van der Waals surface area contributed by atoms with Crippen molar-refractivity contribution < 1.29 is 46.7 Å². The average molecular weight is 1490 g/mol. The third-order valence-electron chi connectivity index (χ3n) is 18.6. The van der Waals surface area contributed by atoms with Gasteiger partial charge in [-0.25, -0.2) is 0 Å². The van der Waals surface area contributed by atoms with Crippen LogP contribution in [0, 0.1) is 0 Å². The molecule has 88 heavy (non-hydrogen) atoms. The molecule has 4 aliphatic heterocycles. The molecule has 0 N–H and O–H groups in total. The van der Waals surface area contributed by atoms with E-state index in [1.807, 2.05) is 0 Å². The molecule has 4 rings (SSSR count). The number of hydrogen-bond acceptors (Lipinski definition) is 12. The summed E-state index contributed by atoms with van der Waals surface area (Å²) in [5, 5.41) is 0. The molecule has 4 atom stereocenters. The Balaban J connectivity index is 2.28. The van der Waals surface area contributed by atoms with Gasteiger partial charge in [-0.05, 0) is 0 Å². The molecule has 0 aliphatic carbocycles. The Kier molecular flexibility index (Phi) is 42.7. The second-order valence-corrected chi connectivity index (χ2v) is 66.3. The van der Waals surface area contributed by atoms with Crippen LogP contribution in [-0.4, -0.2) is 89.2 Å². The molecule has 12 nitrogen and oxygen atoms in total. The molecule has 21 heteroatoms. The van der Waals surface area contributed by atoms with E-state index in [2.05, 4.69) is 82.0 Å². The van der Waals surface area contributed by atoms with Crippen molar-refractivity contribution in [3.8, 4) is 0 Å². The second kappa shape index (κ2) is 45.6. The minimum atomic E-state index is -4.55. The Hall–Kier alpha value is 2.05. The van der Waals surface area contributed by atoms with E-state index in [0.29, 0.717) is 42.3 Å². The van der Waals surface area contributed by atoms with E-state index in [9.17, 15) is 0 Å². The van der Waals surface area contributed by atoms with Crippen molar-refractivity contribution in [3.05, 3.63) is 0 Å². The summed E-state index contributed by atoms with van der Waals surface area (Å²) in [6.45, 7) is 27.9. The van der Waals surface area contributed by atoms with Crippen molar-refractivity contribution in [2.24, 2.45) is 0 Å². The molecule has 522 valence electrons. The van der Waals surface area contributed by atoms with Gasteiger partial charge in [0.2, 0.25) is 0 Å². The van der Waals surface area contributed by atoms with Gasteiger partial charge in [-0.3, -0.25) is 0 Å². The van der Waals surface area contributed by atoms with Crippen LogP contribution in [0.4, 0.5) is 0 Å². The van der Waals surface area contributed by atoms with E-state index in [1.165, 1.54) is 167 Å². The molecule has 0 aromatic rings. The van der Waals surface area contributed by atoms with Crippen molar-refractivity contribution in [1.82, 2.24) is 0 Å². The van der Waals surface area contributed by atoms with Crippen molar-refractivity contribution in [2.75, 3.05) is 0 Å². The molecular weight excluding hydrogens is 1340 g/mol. The van der Waals surface area contributed by atoms with Crippen LogP contribution in [0.2, 0.25) is 70.8 Å². The Morgan fingerprint density at radius 3 is 0.659 bits per heavy atom. The molecule has 0 spiro atoms. The molecule has 4 unspecified atom stereocenters. The van der Waals surface area contributed by atoms with Crippen LogP contribution >= 0.6 is 0 Å². The van der Waals surface area contributed by atoms with Crippen LogP contribution in [0.25, 0.3) is 0 Å². The topological polar surface area (TPSA) is 111 Å². The minimum absolute atomic E-state index is 0.627. The third-order valence-corrected chi connectivity index (χ3v) is 70.9. The van der Waals surface area contributed by atoms with Crippen LogP contribution in [0.1, 0.15) is 358 Å². The van der Waals surface area contributed by atoms with Gasteiger partial charge in [0.15, 0.2) is 0 Å². The summed E-state index contributed by atoms with van der Waals surface area (Å²) in [5.74, 6) is 0. The Bertz CT molecular complexity index is 1670. The number of unbranched alkanes of at least 4 members (excludes halogenated alkanes) is 37. The predicted octanol–water partition coefficient (Wildman–Crippen LogP) is 24.2. The summed E-state index contributed by atoms with van der Waals surface area (Å²) in [4.78, 5) is 0. The number of fused-ring (bicyclic) bond motifs is 4. The summed E-state index contributed by atoms with van der Waals surface area (Å²) in [6.07, 6.45) is 52.2. The first-order valence-corrected chi connectivity index (χ1v) is 62.2. The van der Waals surface area contributed by atoms with Gasteiger partial charge in [0, 0.05) is 0 Å². The Morgan fingerprint density at radius 2 is 0.420 bits per heavy atom. The summed E-state index contributed by atoms with van der Waals surface area (Å²) in [7, 11) is -30.6. The fourth-order valence-electron chi connectivity index (χ4n) is 13.8. The van der Waals surface area contributed by atoms with Gasteiger partial charge in [-0.2, -0.15) is 0 Å².